The van der Waals surface area contributed by atoms with Crippen LogP contribution in [0.1, 0.15) is 27.3 Å². The number of aromatic nitrogens is 3. The second-order valence-corrected chi connectivity index (χ2v) is 7.50. The van der Waals surface area contributed by atoms with E-state index in [2.05, 4.69) is 20.5 Å². The van der Waals surface area contributed by atoms with Crippen LogP contribution in [0.25, 0.3) is 0 Å². The second-order valence-electron chi connectivity index (χ2n) is 6.15. The lowest BCUT2D eigenvalue weighted by atomic mass is 10.1. The fraction of sp³-hybridized carbons (Fsp3) is 0.158. The SMILES string of the molecule is O=C1Cc2cc(C(=O)CSc3n[nH]c(Cc4ccccc4)n3)c(Cl)cc2N1. The fourth-order valence-electron chi connectivity index (χ4n) is 2.88. The molecule has 2 heterocycles. The third-order valence-electron chi connectivity index (χ3n) is 4.18. The van der Waals surface area contributed by atoms with Crippen LogP contribution in [0, 0.1) is 0 Å². The molecular weight excluding hydrogens is 384 g/mol. The number of anilines is 1. The van der Waals surface area contributed by atoms with Crippen LogP contribution in [0.4, 0.5) is 5.69 Å². The Morgan fingerprint density at radius 2 is 2.04 bits per heavy atom. The van der Waals surface area contributed by atoms with E-state index in [0.717, 1.165) is 17.0 Å². The molecule has 2 aromatic carbocycles. The van der Waals surface area contributed by atoms with Gasteiger partial charge in [0.15, 0.2) is 5.78 Å². The maximum Gasteiger partial charge on any atom is 0.228 e. The lowest BCUT2D eigenvalue weighted by molar-refractivity contribution is -0.115. The van der Waals surface area contributed by atoms with Crippen molar-refractivity contribution >= 4 is 40.7 Å². The molecule has 27 heavy (non-hydrogen) atoms. The second kappa shape index (κ2) is 7.54. The monoisotopic (exact) mass is 398 g/mol. The summed E-state index contributed by atoms with van der Waals surface area (Å²) in [6.07, 6.45) is 0.920. The molecule has 0 bridgehead atoms. The van der Waals surface area contributed by atoms with Crippen molar-refractivity contribution in [1.29, 1.82) is 0 Å². The topological polar surface area (TPSA) is 87.7 Å². The van der Waals surface area contributed by atoms with E-state index in [1.165, 1.54) is 11.8 Å². The third kappa shape index (κ3) is 4.04. The zero-order valence-corrected chi connectivity index (χ0v) is 15.7. The third-order valence-corrected chi connectivity index (χ3v) is 5.34. The number of carbonyl (C=O) groups is 2. The van der Waals surface area contributed by atoms with Crippen molar-refractivity contribution in [2.45, 2.75) is 18.0 Å². The molecule has 0 unspecified atom stereocenters. The zero-order chi connectivity index (χ0) is 18.8. The van der Waals surface area contributed by atoms with Gasteiger partial charge in [-0.1, -0.05) is 53.7 Å². The van der Waals surface area contributed by atoms with Crippen LogP contribution in [-0.4, -0.2) is 32.6 Å². The summed E-state index contributed by atoms with van der Waals surface area (Å²) in [4.78, 5) is 28.4. The number of rotatable bonds is 6. The van der Waals surface area contributed by atoms with Gasteiger partial charge in [0.05, 0.1) is 17.2 Å². The standard InChI is InChI=1S/C19H15ClN4O2S/c20-14-9-15-12(8-18(26)21-15)7-13(14)16(25)10-27-19-22-17(23-24-19)6-11-4-2-1-3-5-11/h1-5,7,9H,6,8,10H2,(H,21,26)(H,22,23,24). The first-order chi connectivity index (χ1) is 13.1. The summed E-state index contributed by atoms with van der Waals surface area (Å²) in [5.41, 5.74) is 3.02. The summed E-state index contributed by atoms with van der Waals surface area (Å²) in [5, 5.41) is 10.6. The lowest BCUT2D eigenvalue weighted by Gasteiger charge is -2.06. The number of nitrogens with one attached hydrogen (secondary N) is 2. The number of halogens is 1. The maximum absolute atomic E-state index is 12.5. The fourth-order valence-corrected chi connectivity index (χ4v) is 3.85. The Hall–Kier alpha value is -2.64. The van der Waals surface area contributed by atoms with Crippen LogP contribution in [0.3, 0.4) is 0 Å². The molecule has 0 saturated carbocycles. The van der Waals surface area contributed by atoms with Crippen molar-refractivity contribution < 1.29 is 9.59 Å². The predicted molar refractivity (Wildman–Crippen MR) is 104 cm³/mol. The van der Waals surface area contributed by atoms with Crippen molar-refractivity contribution in [2.75, 3.05) is 11.1 Å². The highest BCUT2D eigenvalue weighted by molar-refractivity contribution is 7.99. The molecule has 3 aromatic rings. The summed E-state index contributed by atoms with van der Waals surface area (Å²) in [6, 6.07) is 13.3. The highest BCUT2D eigenvalue weighted by Gasteiger charge is 2.22. The van der Waals surface area contributed by atoms with Gasteiger partial charge in [0.1, 0.15) is 5.82 Å². The molecule has 6 nitrogen and oxygen atoms in total. The minimum absolute atomic E-state index is 0.0910. The van der Waals surface area contributed by atoms with Gasteiger partial charge in [0.2, 0.25) is 11.1 Å². The van der Waals surface area contributed by atoms with Gasteiger partial charge in [-0.3, -0.25) is 14.7 Å². The van der Waals surface area contributed by atoms with E-state index < -0.39 is 0 Å². The highest BCUT2D eigenvalue weighted by atomic mass is 35.5. The average molecular weight is 399 g/mol. The lowest BCUT2D eigenvalue weighted by Crippen LogP contribution is -2.04. The van der Waals surface area contributed by atoms with Crippen LogP contribution in [-0.2, 0) is 17.6 Å². The van der Waals surface area contributed by atoms with E-state index in [9.17, 15) is 9.59 Å². The van der Waals surface area contributed by atoms with Gasteiger partial charge in [-0.25, -0.2) is 4.98 Å². The summed E-state index contributed by atoms with van der Waals surface area (Å²) < 4.78 is 0. The van der Waals surface area contributed by atoms with Crippen LogP contribution < -0.4 is 5.32 Å². The predicted octanol–water partition coefficient (Wildman–Crippen LogP) is 3.52. The number of ketones is 1. The number of nitrogens with zero attached hydrogens (tertiary/aromatic N) is 2. The number of amides is 1. The number of thioether (sulfide) groups is 1. The number of hydrogen-bond donors (Lipinski definition) is 2. The van der Waals surface area contributed by atoms with Gasteiger partial charge in [-0.2, -0.15) is 0 Å². The van der Waals surface area contributed by atoms with Gasteiger partial charge < -0.3 is 5.32 Å². The number of H-pyrrole nitrogens is 1. The minimum atomic E-state index is -0.124. The molecule has 1 aliphatic rings. The van der Waals surface area contributed by atoms with E-state index in [0.29, 0.717) is 27.9 Å². The van der Waals surface area contributed by atoms with E-state index in [1.54, 1.807) is 12.1 Å². The van der Waals surface area contributed by atoms with Crippen LogP contribution in [0.5, 0.6) is 0 Å². The molecule has 0 saturated heterocycles. The Morgan fingerprint density at radius 1 is 1.22 bits per heavy atom. The number of carbonyl (C=O) groups excluding carboxylic acids is 2. The average Bonchev–Trinajstić information content (AvgIpc) is 3.25. The molecule has 2 N–H and O–H groups in total. The van der Waals surface area contributed by atoms with E-state index in [-0.39, 0.29) is 23.9 Å². The zero-order valence-electron chi connectivity index (χ0n) is 14.2. The van der Waals surface area contributed by atoms with Gasteiger partial charge in [-0.05, 0) is 23.3 Å². The number of Topliss-reactive ketones (excluding diaryl/α,β-unsaturated/α-hetero) is 1. The first-order valence-electron chi connectivity index (χ1n) is 8.32. The summed E-state index contributed by atoms with van der Waals surface area (Å²) >= 11 is 7.46. The number of benzene rings is 2. The van der Waals surface area contributed by atoms with Crippen LogP contribution in [0.2, 0.25) is 5.02 Å². The molecular formula is C19H15ClN4O2S. The molecule has 0 atom stereocenters. The molecule has 1 amide bonds. The minimum Gasteiger partial charge on any atom is -0.325 e. The Bertz CT molecular complexity index is 1020. The van der Waals surface area contributed by atoms with Crippen molar-refractivity contribution in [1.82, 2.24) is 15.2 Å². The molecule has 1 aromatic heterocycles. The molecule has 0 spiro atoms. The van der Waals surface area contributed by atoms with E-state index >= 15 is 0 Å². The smallest absolute Gasteiger partial charge is 0.228 e. The van der Waals surface area contributed by atoms with Gasteiger partial charge >= 0.3 is 0 Å². The summed E-state index contributed by atoms with van der Waals surface area (Å²) in [6.45, 7) is 0. The Balaban J connectivity index is 1.40. The molecule has 4 rings (SSSR count). The van der Waals surface area contributed by atoms with Gasteiger partial charge in [-0.15, -0.1) is 5.10 Å². The van der Waals surface area contributed by atoms with Crippen molar-refractivity contribution in [3.63, 3.8) is 0 Å². The van der Waals surface area contributed by atoms with Gasteiger partial charge in [0.25, 0.3) is 0 Å². The molecule has 136 valence electrons. The summed E-state index contributed by atoms with van der Waals surface area (Å²) in [5.74, 6) is 0.701. The number of hydrogen-bond acceptors (Lipinski definition) is 5. The summed E-state index contributed by atoms with van der Waals surface area (Å²) in [7, 11) is 0. The van der Waals surface area contributed by atoms with E-state index in [4.69, 9.17) is 11.6 Å². The molecule has 0 radical (unpaired) electrons. The molecule has 1 aliphatic heterocycles. The Morgan fingerprint density at radius 3 is 2.85 bits per heavy atom. The quantitative estimate of drug-likeness (QED) is 0.490. The van der Waals surface area contributed by atoms with Gasteiger partial charge in [0, 0.05) is 17.7 Å². The Kier molecular flexibility index (Phi) is 4.96. The number of fused-ring (bicyclic) bond motifs is 1. The van der Waals surface area contributed by atoms with Crippen LogP contribution in [0.15, 0.2) is 47.6 Å². The normalized spacial score (nSPS) is 12.7. The largest absolute Gasteiger partial charge is 0.325 e. The Labute approximate surface area is 164 Å². The first-order valence-corrected chi connectivity index (χ1v) is 9.68. The van der Waals surface area contributed by atoms with Crippen LogP contribution >= 0.6 is 23.4 Å². The van der Waals surface area contributed by atoms with E-state index in [1.807, 2.05) is 30.3 Å². The maximum atomic E-state index is 12.5. The first kappa shape index (κ1) is 17.8. The van der Waals surface area contributed by atoms with Crippen molar-refractivity contribution in [3.05, 3.63) is 70.0 Å². The molecule has 0 aliphatic carbocycles. The highest BCUT2D eigenvalue weighted by Crippen LogP contribution is 2.30. The molecule has 0 fully saturated rings. The number of aromatic amines is 1. The van der Waals surface area contributed by atoms with Crippen molar-refractivity contribution in [3.8, 4) is 0 Å². The van der Waals surface area contributed by atoms with Crippen molar-refractivity contribution in [2.24, 2.45) is 0 Å². The molecule has 8 heteroatoms.